The van der Waals surface area contributed by atoms with Gasteiger partial charge in [0.25, 0.3) is 0 Å². The van der Waals surface area contributed by atoms with Gasteiger partial charge >= 0.3 is 0 Å². The first-order valence-electron chi connectivity index (χ1n) is 7.61. The van der Waals surface area contributed by atoms with Gasteiger partial charge in [-0.3, -0.25) is 0 Å². The van der Waals surface area contributed by atoms with Crippen LogP contribution in [0.1, 0.15) is 5.56 Å². The van der Waals surface area contributed by atoms with Crippen molar-refractivity contribution >= 4 is 23.3 Å². The third kappa shape index (κ3) is 2.30. The second-order valence-electron chi connectivity index (χ2n) is 5.82. The Bertz CT molecular complexity index is 905. The summed E-state index contributed by atoms with van der Waals surface area (Å²) in [4.78, 5) is 9.22. The Hall–Kier alpha value is -2.33. The maximum absolute atomic E-state index is 4.54. The summed E-state index contributed by atoms with van der Waals surface area (Å²) in [5.74, 6) is 1.03. The smallest absolute Gasteiger partial charge is 0.212 e. The third-order valence-electron chi connectivity index (χ3n) is 4.29. The third-order valence-corrected chi connectivity index (χ3v) is 5.37. The summed E-state index contributed by atoms with van der Waals surface area (Å²) < 4.78 is 2.16. The van der Waals surface area contributed by atoms with Gasteiger partial charge in [-0.05, 0) is 42.8 Å². The van der Waals surface area contributed by atoms with Gasteiger partial charge < -0.3 is 4.90 Å². The standard InChI is InChI=1S/C19H18N3S/c1-13-11-18-16(12-14(13)15-7-4-5-10-21(15)2)22(3)19-17(23-18)8-6-9-20-19/h4-12H,1-3H3/q+1. The highest BCUT2D eigenvalue weighted by molar-refractivity contribution is 7.99. The summed E-state index contributed by atoms with van der Waals surface area (Å²) >= 11 is 1.80. The predicted molar refractivity (Wildman–Crippen MR) is 94.2 cm³/mol. The molecule has 0 fully saturated rings. The van der Waals surface area contributed by atoms with Crippen LogP contribution < -0.4 is 9.47 Å². The van der Waals surface area contributed by atoms with Crippen LogP contribution in [0.3, 0.4) is 0 Å². The molecule has 0 saturated heterocycles. The first-order valence-corrected chi connectivity index (χ1v) is 8.43. The monoisotopic (exact) mass is 320 g/mol. The van der Waals surface area contributed by atoms with Crippen molar-refractivity contribution in [2.24, 2.45) is 7.05 Å². The highest BCUT2D eigenvalue weighted by Gasteiger charge is 2.24. The van der Waals surface area contributed by atoms with Gasteiger partial charge in [-0.15, -0.1) is 0 Å². The van der Waals surface area contributed by atoms with Crippen molar-refractivity contribution in [1.29, 1.82) is 0 Å². The molecule has 3 aromatic rings. The van der Waals surface area contributed by atoms with Crippen LogP contribution in [0, 0.1) is 6.92 Å². The van der Waals surface area contributed by atoms with Gasteiger partial charge in [0.05, 0.1) is 16.1 Å². The van der Waals surface area contributed by atoms with E-state index in [4.69, 9.17) is 0 Å². The van der Waals surface area contributed by atoms with E-state index in [2.05, 4.69) is 78.1 Å². The molecule has 0 unspecified atom stereocenters. The number of aromatic nitrogens is 2. The molecular formula is C19H18N3S+. The largest absolute Gasteiger partial charge is 0.328 e. The van der Waals surface area contributed by atoms with Gasteiger partial charge in [-0.1, -0.05) is 11.8 Å². The number of benzene rings is 1. The Labute approximate surface area is 140 Å². The molecule has 1 aliphatic rings. The maximum atomic E-state index is 4.54. The summed E-state index contributed by atoms with van der Waals surface area (Å²) in [5, 5.41) is 0. The van der Waals surface area contributed by atoms with Crippen LogP contribution in [0.5, 0.6) is 0 Å². The maximum Gasteiger partial charge on any atom is 0.212 e. The normalized spacial score (nSPS) is 12.7. The molecule has 0 amide bonds. The fourth-order valence-corrected chi connectivity index (χ4v) is 4.24. The van der Waals surface area contributed by atoms with E-state index in [0.717, 1.165) is 5.82 Å². The molecule has 0 N–H and O–H groups in total. The molecular weight excluding hydrogens is 302 g/mol. The van der Waals surface area contributed by atoms with E-state index in [9.17, 15) is 0 Å². The molecule has 1 aromatic carbocycles. The van der Waals surface area contributed by atoms with Crippen LogP contribution >= 0.6 is 11.8 Å². The zero-order valence-corrected chi connectivity index (χ0v) is 14.3. The number of rotatable bonds is 1. The average Bonchev–Trinajstić information content (AvgIpc) is 2.55. The molecule has 2 aromatic heterocycles. The lowest BCUT2D eigenvalue weighted by atomic mass is 10.0. The lowest BCUT2D eigenvalue weighted by Gasteiger charge is -2.29. The van der Waals surface area contributed by atoms with Gasteiger partial charge in [0.1, 0.15) is 12.9 Å². The SMILES string of the molecule is Cc1cc2c(cc1-c1cccc[n+]1C)N(C)c1ncccc1S2. The Kier molecular flexibility index (Phi) is 3.34. The molecule has 0 atom stereocenters. The van der Waals surface area contributed by atoms with Crippen molar-refractivity contribution < 1.29 is 4.57 Å². The zero-order valence-electron chi connectivity index (χ0n) is 13.4. The molecule has 4 heteroatoms. The summed E-state index contributed by atoms with van der Waals surface area (Å²) in [7, 11) is 4.18. The highest BCUT2D eigenvalue weighted by Crippen LogP contribution is 2.47. The minimum Gasteiger partial charge on any atom is -0.328 e. The second-order valence-corrected chi connectivity index (χ2v) is 6.90. The van der Waals surface area contributed by atoms with Crippen LogP contribution in [-0.2, 0) is 7.05 Å². The van der Waals surface area contributed by atoms with Crippen LogP contribution in [0.2, 0.25) is 0 Å². The van der Waals surface area contributed by atoms with Crippen molar-refractivity contribution in [1.82, 2.24) is 4.98 Å². The molecule has 1 aliphatic heterocycles. The lowest BCUT2D eigenvalue weighted by Crippen LogP contribution is -2.30. The van der Waals surface area contributed by atoms with E-state index >= 15 is 0 Å². The molecule has 0 aliphatic carbocycles. The number of hydrogen-bond acceptors (Lipinski definition) is 3. The van der Waals surface area contributed by atoms with E-state index in [1.807, 2.05) is 12.3 Å². The molecule has 3 heterocycles. The summed E-state index contributed by atoms with van der Waals surface area (Å²) in [6.45, 7) is 2.18. The van der Waals surface area contributed by atoms with Crippen LogP contribution in [0.4, 0.5) is 11.5 Å². The number of aryl methyl sites for hydroxylation is 2. The summed E-state index contributed by atoms with van der Waals surface area (Å²) in [6, 6.07) is 15.0. The van der Waals surface area contributed by atoms with Crippen molar-refractivity contribution in [2.45, 2.75) is 16.7 Å². The number of pyridine rings is 2. The first-order chi connectivity index (χ1) is 11.1. The number of hydrogen-bond donors (Lipinski definition) is 0. The van der Waals surface area contributed by atoms with Crippen molar-refractivity contribution in [3.05, 3.63) is 60.4 Å². The van der Waals surface area contributed by atoms with Crippen LogP contribution in [-0.4, -0.2) is 12.0 Å². The van der Waals surface area contributed by atoms with Gasteiger partial charge in [-0.2, -0.15) is 0 Å². The summed E-state index contributed by atoms with van der Waals surface area (Å²) in [6.07, 6.45) is 3.94. The topological polar surface area (TPSA) is 20.0 Å². The average molecular weight is 320 g/mol. The van der Waals surface area contributed by atoms with Crippen LogP contribution in [0.15, 0.2) is 64.6 Å². The quantitative estimate of drug-likeness (QED) is 0.629. The Morgan fingerprint density at radius 2 is 1.96 bits per heavy atom. The second kappa shape index (κ2) is 5.39. The van der Waals surface area contributed by atoms with E-state index in [1.54, 1.807) is 11.8 Å². The fraction of sp³-hybridized carbons (Fsp3) is 0.158. The highest BCUT2D eigenvalue weighted by atomic mass is 32.2. The predicted octanol–water partition coefficient (Wildman–Crippen LogP) is 4.11. The van der Waals surface area contributed by atoms with E-state index in [1.165, 1.54) is 32.3 Å². The minimum absolute atomic E-state index is 1.03. The zero-order chi connectivity index (χ0) is 16.0. The molecule has 0 spiro atoms. The van der Waals surface area contributed by atoms with Gasteiger partial charge in [-0.25, -0.2) is 9.55 Å². The van der Waals surface area contributed by atoms with E-state index in [0.29, 0.717) is 0 Å². The molecule has 114 valence electrons. The molecule has 0 bridgehead atoms. The van der Waals surface area contributed by atoms with E-state index in [-0.39, 0.29) is 0 Å². The number of nitrogens with zero attached hydrogens (tertiary/aromatic N) is 3. The van der Waals surface area contributed by atoms with Gasteiger partial charge in [0, 0.05) is 30.3 Å². The van der Waals surface area contributed by atoms with Gasteiger partial charge in [0.15, 0.2) is 6.20 Å². The van der Waals surface area contributed by atoms with Gasteiger partial charge in [0.2, 0.25) is 5.69 Å². The fourth-order valence-electron chi connectivity index (χ4n) is 3.04. The molecule has 0 radical (unpaired) electrons. The molecule has 3 nitrogen and oxygen atoms in total. The minimum atomic E-state index is 1.03. The number of fused-ring (bicyclic) bond motifs is 2. The van der Waals surface area contributed by atoms with E-state index < -0.39 is 0 Å². The number of anilines is 2. The van der Waals surface area contributed by atoms with Crippen molar-refractivity contribution in [2.75, 3.05) is 11.9 Å². The van der Waals surface area contributed by atoms with Crippen LogP contribution in [0.25, 0.3) is 11.3 Å². The van der Waals surface area contributed by atoms with Crippen molar-refractivity contribution in [3.63, 3.8) is 0 Å². The Morgan fingerprint density at radius 3 is 2.78 bits per heavy atom. The first kappa shape index (κ1) is 14.3. The Balaban J connectivity index is 1.89. The molecule has 4 rings (SSSR count). The lowest BCUT2D eigenvalue weighted by molar-refractivity contribution is -0.660. The molecule has 23 heavy (non-hydrogen) atoms. The summed E-state index contributed by atoms with van der Waals surface area (Å²) in [5.41, 5.74) is 4.99. The van der Waals surface area contributed by atoms with Crippen molar-refractivity contribution in [3.8, 4) is 11.3 Å². The molecule has 0 saturated carbocycles. The Morgan fingerprint density at radius 1 is 1.09 bits per heavy atom.